The van der Waals surface area contributed by atoms with E-state index in [-0.39, 0.29) is 48.6 Å². The molecule has 1 N–H and O–H groups in total. The number of rotatable bonds is 5. The first-order valence-corrected chi connectivity index (χ1v) is 11.6. The molecule has 0 aliphatic carbocycles. The Hall–Kier alpha value is -3.51. The second-order valence-corrected chi connectivity index (χ2v) is 9.64. The van der Waals surface area contributed by atoms with Gasteiger partial charge in [0.15, 0.2) is 17.5 Å². The number of aliphatic hydroxyl groups is 1. The van der Waals surface area contributed by atoms with Gasteiger partial charge in [-0.1, -0.05) is 0 Å². The topological polar surface area (TPSA) is 95.3 Å². The summed E-state index contributed by atoms with van der Waals surface area (Å²) in [6.07, 6.45) is 3.00. The average Bonchev–Trinajstić information content (AvgIpc) is 2.82. The highest BCUT2D eigenvalue weighted by Gasteiger charge is 2.36. The van der Waals surface area contributed by atoms with Crippen LogP contribution in [0, 0.1) is 23.3 Å². The number of carbonyl (C=O) groups excluding carboxylic acids is 1. The van der Waals surface area contributed by atoms with Crippen molar-refractivity contribution < 1.29 is 27.5 Å². The fourth-order valence-electron chi connectivity index (χ4n) is 4.22. The minimum Gasteiger partial charge on any atom is -0.382 e. The number of hydrogen-bond donors (Lipinski definition) is 1. The molecule has 37 heavy (non-hydrogen) atoms. The van der Waals surface area contributed by atoms with Crippen molar-refractivity contribution in [2.24, 2.45) is 0 Å². The first kappa shape index (κ1) is 26.6. The first-order chi connectivity index (χ1) is 17.4. The number of pyridine rings is 2. The lowest BCUT2D eigenvalue weighted by Crippen LogP contribution is -2.58. The predicted molar refractivity (Wildman–Crippen MR) is 125 cm³/mol. The van der Waals surface area contributed by atoms with Crippen molar-refractivity contribution in [2.45, 2.75) is 51.9 Å². The zero-order valence-corrected chi connectivity index (χ0v) is 20.7. The van der Waals surface area contributed by atoms with Gasteiger partial charge in [-0.15, -0.1) is 0 Å². The molecule has 0 aromatic carbocycles. The van der Waals surface area contributed by atoms with E-state index in [9.17, 15) is 23.1 Å². The molecule has 0 spiro atoms. The van der Waals surface area contributed by atoms with Gasteiger partial charge in [-0.2, -0.15) is 0 Å². The number of carbonyl (C=O) groups is 1. The molecule has 0 saturated carbocycles. The highest BCUT2D eigenvalue weighted by Crippen LogP contribution is 2.28. The van der Waals surface area contributed by atoms with E-state index < -0.39 is 46.4 Å². The van der Waals surface area contributed by atoms with E-state index in [1.807, 2.05) is 4.90 Å². The molecule has 3 aromatic heterocycles. The van der Waals surface area contributed by atoms with Gasteiger partial charge < -0.3 is 10.0 Å². The highest BCUT2D eigenvalue weighted by molar-refractivity contribution is 5.96. The second kappa shape index (κ2) is 10.1. The van der Waals surface area contributed by atoms with Crippen LogP contribution in [0.2, 0.25) is 0 Å². The Morgan fingerprint density at radius 1 is 1.05 bits per heavy atom. The maximum Gasteiger partial charge on any atom is 0.260 e. The Morgan fingerprint density at radius 3 is 2.46 bits per heavy atom. The van der Waals surface area contributed by atoms with Gasteiger partial charge >= 0.3 is 0 Å². The van der Waals surface area contributed by atoms with Gasteiger partial charge in [-0.3, -0.25) is 14.7 Å². The quantitative estimate of drug-likeness (QED) is 0.517. The van der Waals surface area contributed by atoms with Crippen LogP contribution in [0.15, 0.2) is 30.7 Å². The largest absolute Gasteiger partial charge is 0.382 e. The summed E-state index contributed by atoms with van der Waals surface area (Å²) in [7, 11) is 0. The Kier molecular flexibility index (Phi) is 7.24. The second-order valence-electron chi connectivity index (χ2n) is 9.64. The lowest BCUT2D eigenvalue weighted by Gasteiger charge is -2.44. The molecule has 1 saturated heterocycles. The van der Waals surface area contributed by atoms with Gasteiger partial charge in [0.05, 0.1) is 23.8 Å². The van der Waals surface area contributed by atoms with Crippen molar-refractivity contribution in [3.8, 4) is 11.4 Å². The summed E-state index contributed by atoms with van der Waals surface area (Å²) >= 11 is 0. The number of piperazine rings is 1. The van der Waals surface area contributed by atoms with Crippen molar-refractivity contribution >= 4 is 5.91 Å². The lowest BCUT2D eigenvalue weighted by atomic mass is 10.0. The smallest absolute Gasteiger partial charge is 0.260 e. The zero-order valence-electron chi connectivity index (χ0n) is 20.7. The molecule has 2 atom stereocenters. The lowest BCUT2D eigenvalue weighted by molar-refractivity contribution is 0.0275. The predicted octanol–water partition coefficient (Wildman–Crippen LogP) is 3.45. The fraction of sp³-hybridized carbons (Fsp3) is 0.400. The van der Waals surface area contributed by atoms with Gasteiger partial charge in [-0.05, 0) is 33.8 Å². The van der Waals surface area contributed by atoms with Crippen LogP contribution in [0.3, 0.4) is 0 Å². The third kappa shape index (κ3) is 5.44. The normalized spacial score (nSPS) is 18.8. The van der Waals surface area contributed by atoms with Crippen molar-refractivity contribution in [3.63, 3.8) is 0 Å². The maximum absolute atomic E-state index is 15.6. The van der Waals surface area contributed by atoms with Crippen LogP contribution in [0.1, 0.15) is 49.6 Å². The molecule has 1 fully saturated rings. The molecule has 8 nitrogen and oxygen atoms in total. The van der Waals surface area contributed by atoms with E-state index in [1.165, 1.54) is 31.0 Å². The fourth-order valence-corrected chi connectivity index (χ4v) is 4.22. The summed E-state index contributed by atoms with van der Waals surface area (Å²) in [4.78, 5) is 32.3. The van der Waals surface area contributed by atoms with Crippen LogP contribution in [0.4, 0.5) is 17.6 Å². The number of nitrogens with zero attached hydrogens (tertiary/aromatic N) is 6. The summed E-state index contributed by atoms with van der Waals surface area (Å²) in [6, 6.07) is 1.31. The van der Waals surface area contributed by atoms with Crippen LogP contribution in [0.25, 0.3) is 11.4 Å². The molecule has 4 rings (SSSR count). The minimum atomic E-state index is -1.41. The van der Waals surface area contributed by atoms with Crippen molar-refractivity contribution in [1.29, 1.82) is 0 Å². The van der Waals surface area contributed by atoms with E-state index in [2.05, 4.69) is 19.9 Å². The van der Waals surface area contributed by atoms with Gasteiger partial charge in [-0.25, -0.2) is 32.5 Å². The van der Waals surface area contributed by atoms with E-state index >= 15 is 4.39 Å². The molecule has 196 valence electrons. The van der Waals surface area contributed by atoms with Gasteiger partial charge in [0.2, 0.25) is 0 Å². The Balaban J connectivity index is 1.59. The molecule has 4 heterocycles. The first-order valence-electron chi connectivity index (χ1n) is 11.6. The minimum absolute atomic E-state index is 0.00838. The van der Waals surface area contributed by atoms with E-state index in [0.29, 0.717) is 0 Å². The molecule has 0 unspecified atom stereocenters. The molecular formula is C25H26F4N6O2. The summed E-state index contributed by atoms with van der Waals surface area (Å²) in [6.45, 7) is 6.87. The molecule has 1 aliphatic heterocycles. The van der Waals surface area contributed by atoms with Crippen LogP contribution in [0.5, 0.6) is 0 Å². The van der Waals surface area contributed by atoms with E-state index in [1.54, 1.807) is 13.8 Å². The van der Waals surface area contributed by atoms with Crippen LogP contribution >= 0.6 is 0 Å². The summed E-state index contributed by atoms with van der Waals surface area (Å²) in [5.41, 5.74) is -2.49. The molecule has 1 aliphatic rings. The SMILES string of the molecule is C[C@@H]1CN(Cc2ncc(F)cc2F)[C@@H](C)CN1C(=O)c1c(F)cnc(-c2ccnc(C(C)(C)O)n2)c1F. The van der Waals surface area contributed by atoms with Gasteiger partial charge in [0.25, 0.3) is 5.91 Å². The summed E-state index contributed by atoms with van der Waals surface area (Å²) in [5.74, 6) is -4.70. The number of aromatic nitrogens is 4. The molecule has 0 radical (unpaired) electrons. The molecule has 3 aromatic rings. The maximum atomic E-state index is 15.6. The van der Waals surface area contributed by atoms with Gasteiger partial charge in [0, 0.05) is 44.0 Å². The molecule has 1 amide bonds. The van der Waals surface area contributed by atoms with Crippen LogP contribution < -0.4 is 0 Å². The Labute approximate surface area is 211 Å². The molecular weight excluding hydrogens is 492 g/mol. The van der Waals surface area contributed by atoms with Crippen LogP contribution in [-0.2, 0) is 12.1 Å². The highest BCUT2D eigenvalue weighted by atomic mass is 19.1. The third-order valence-corrected chi connectivity index (χ3v) is 6.25. The van der Waals surface area contributed by atoms with Crippen molar-refractivity contribution in [1.82, 2.24) is 29.7 Å². The van der Waals surface area contributed by atoms with Crippen molar-refractivity contribution in [2.75, 3.05) is 13.1 Å². The molecule has 0 bridgehead atoms. The monoisotopic (exact) mass is 518 g/mol. The van der Waals surface area contributed by atoms with E-state index in [0.717, 1.165) is 18.5 Å². The summed E-state index contributed by atoms with van der Waals surface area (Å²) in [5, 5.41) is 10.2. The number of amides is 1. The Morgan fingerprint density at radius 2 is 1.78 bits per heavy atom. The summed E-state index contributed by atoms with van der Waals surface area (Å²) < 4.78 is 57.6. The number of hydrogen-bond acceptors (Lipinski definition) is 7. The third-order valence-electron chi connectivity index (χ3n) is 6.25. The molecule has 12 heteroatoms. The number of halogens is 4. The zero-order chi connectivity index (χ0) is 27.1. The van der Waals surface area contributed by atoms with Gasteiger partial charge in [0.1, 0.15) is 28.5 Å². The van der Waals surface area contributed by atoms with E-state index in [4.69, 9.17) is 0 Å². The standard InChI is InChI=1S/C25H26F4N6O2/c1-13-11-35(14(2)10-34(13)12-19-16(27)7-15(26)8-31-19)23(36)20-17(28)9-32-22(21(20)29)18-5-6-30-24(33-18)25(3,4)37/h5-9,13-14,37H,10-12H2,1-4H3/t13-,14+/m0/s1. The Bertz CT molecular complexity index is 1330. The average molecular weight is 519 g/mol. The van der Waals surface area contributed by atoms with Crippen LogP contribution in [-0.4, -0.2) is 65.9 Å². The van der Waals surface area contributed by atoms with Crippen molar-refractivity contribution in [3.05, 3.63) is 71.1 Å².